The Balaban J connectivity index is 2.05. The van der Waals surface area contributed by atoms with Crippen LogP contribution in [0, 0.1) is 5.92 Å². The Bertz CT molecular complexity index is 389. The van der Waals surface area contributed by atoms with E-state index in [0.29, 0.717) is 12.0 Å². The minimum atomic E-state index is -0.378. The van der Waals surface area contributed by atoms with E-state index in [-0.39, 0.29) is 6.10 Å². The third-order valence-electron chi connectivity index (χ3n) is 4.28. The first-order valence-electron chi connectivity index (χ1n) is 7.69. The zero-order valence-electron chi connectivity index (χ0n) is 12.1. The van der Waals surface area contributed by atoms with Gasteiger partial charge in [-0.25, -0.2) is 0 Å². The van der Waals surface area contributed by atoms with E-state index >= 15 is 0 Å². The van der Waals surface area contributed by atoms with Crippen LogP contribution in [-0.2, 0) is 0 Å². The summed E-state index contributed by atoms with van der Waals surface area (Å²) in [5.74, 6) is 1.60. The van der Waals surface area contributed by atoms with Crippen LogP contribution < -0.4 is 4.74 Å². The topological polar surface area (TPSA) is 29.5 Å². The summed E-state index contributed by atoms with van der Waals surface area (Å²) in [6, 6.07) is 7.95. The van der Waals surface area contributed by atoms with Crippen LogP contribution in [0.2, 0.25) is 0 Å². The lowest BCUT2D eigenvalue weighted by Crippen LogP contribution is -2.29. The Hall–Kier alpha value is -1.02. The van der Waals surface area contributed by atoms with Gasteiger partial charge in [0.05, 0.1) is 6.10 Å². The van der Waals surface area contributed by atoms with Crippen LogP contribution in [0.15, 0.2) is 24.3 Å². The van der Waals surface area contributed by atoms with E-state index in [4.69, 9.17) is 4.74 Å². The smallest absolute Gasteiger partial charge is 0.120 e. The van der Waals surface area contributed by atoms with Gasteiger partial charge in [0.2, 0.25) is 0 Å². The van der Waals surface area contributed by atoms with Gasteiger partial charge < -0.3 is 9.84 Å². The first-order chi connectivity index (χ1) is 9.24. The van der Waals surface area contributed by atoms with Crippen LogP contribution in [0.25, 0.3) is 0 Å². The molecule has 0 bridgehead atoms. The molecule has 106 valence electrons. The van der Waals surface area contributed by atoms with Crippen molar-refractivity contribution in [3.63, 3.8) is 0 Å². The fraction of sp³-hybridized carbons (Fsp3) is 0.647. The molecule has 3 atom stereocenters. The summed E-state index contributed by atoms with van der Waals surface area (Å²) in [5, 5.41) is 9.90. The molecule has 1 saturated carbocycles. The Morgan fingerprint density at radius 1 is 1.26 bits per heavy atom. The molecular weight excluding hydrogens is 236 g/mol. The average molecular weight is 262 g/mol. The van der Waals surface area contributed by atoms with Gasteiger partial charge in [0, 0.05) is 0 Å². The minimum absolute atomic E-state index is 0.354. The van der Waals surface area contributed by atoms with Crippen LogP contribution in [0.3, 0.4) is 0 Å². The second kappa shape index (κ2) is 6.95. The minimum Gasteiger partial charge on any atom is -0.490 e. The number of benzene rings is 1. The van der Waals surface area contributed by atoms with E-state index < -0.39 is 0 Å². The predicted molar refractivity (Wildman–Crippen MR) is 78.4 cm³/mol. The van der Waals surface area contributed by atoms with Gasteiger partial charge in [-0.2, -0.15) is 0 Å². The van der Waals surface area contributed by atoms with Crippen molar-refractivity contribution in [2.45, 2.75) is 64.6 Å². The van der Waals surface area contributed by atoms with Crippen LogP contribution >= 0.6 is 0 Å². The lowest BCUT2D eigenvalue weighted by atomic mass is 9.85. The average Bonchev–Trinajstić information content (AvgIpc) is 2.47. The number of aliphatic hydroxyl groups excluding tert-OH is 1. The molecule has 1 aliphatic carbocycles. The molecule has 3 unspecified atom stereocenters. The fourth-order valence-electron chi connectivity index (χ4n) is 3.00. The SMILES string of the molecule is CCC(O)c1cccc(OC2CCCCC2CC)c1. The lowest BCUT2D eigenvalue weighted by molar-refractivity contribution is 0.0898. The van der Waals surface area contributed by atoms with Crippen LogP contribution in [0.4, 0.5) is 0 Å². The van der Waals surface area contributed by atoms with Crippen molar-refractivity contribution >= 4 is 0 Å². The molecule has 0 amide bonds. The van der Waals surface area contributed by atoms with Gasteiger partial charge in [0.1, 0.15) is 11.9 Å². The molecule has 0 spiro atoms. The number of hydrogen-bond acceptors (Lipinski definition) is 2. The van der Waals surface area contributed by atoms with E-state index in [1.54, 1.807) is 0 Å². The highest BCUT2D eigenvalue weighted by Gasteiger charge is 2.25. The molecule has 1 aromatic carbocycles. The summed E-state index contributed by atoms with van der Waals surface area (Å²) in [6.45, 7) is 4.25. The largest absolute Gasteiger partial charge is 0.490 e. The summed E-state index contributed by atoms with van der Waals surface area (Å²) in [7, 11) is 0. The van der Waals surface area contributed by atoms with Crippen molar-refractivity contribution in [3.05, 3.63) is 29.8 Å². The van der Waals surface area contributed by atoms with Crippen LogP contribution in [0.5, 0.6) is 5.75 Å². The summed E-state index contributed by atoms with van der Waals surface area (Å²) < 4.78 is 6.18. The Morgan fingerprint density at radius 3 is 2.79 bits per heavy atom. The second-order valence-electron chi connectivity index (χ2n) is 5.61. The van der Waals surface area contributed by atoms with Crippen molar-refractivity contribution in [3.8, 4) is 5.75 Å². The highest BCUT2D eigenvalue weighted by atomic mass is 16.5. The maximum atomic E-state index is 9.90. The van der Waals surface area contributed by atoms with Gasteiger partial charge in [-0.1, -0.05) is 32.4 Å². The van der Waals surface area contributed by atoms with Crippen molar-refractivity contribution < 1.29 is 9.84 Å². The predicted octanol–water partition coefficient (Wildman–Crippen LogP) is 4.48. The fourth-order valence-corrected chi connectivity index (χ4v) is 3.00. The molecule has 1 N–H and O–H groups in total. The van der Waals surface area contributed by atoms with Crippen LogP contribution in [0.1, 0.15) is 64.0 Å². The normalized spacial score (nSPS) is 25.0. The van der Waals surface area contributed by atoms with Gasteiger partial charge >= 0.3 is 0 Å². The highest BCUT2D eigenvalue weighted by Crippen LogP contribution is 2.31. The van der Waals surface area contributed by atoms with E-state index in [1.807, 2.05) is 31.2 Å². The summed E-state index contributed by atoms with van der Waals surface area (Å²) >= 11 is 0. The van der Waals surface area contributed by atoms with Crippen molar-refractivity contribution in [2.75, 3.05) is 0 Å². The Kier molecular flexibility index (Phi) is 5.26. The van der Waals surface area contributed by atoms with Gasteiger partial charge in [-0.3, -0.25) is 0 Å². The molecule has 1 fully saturated rings. The zero-order chi connectivity index (χ0) is 13.7. The molecule has 0 saturated heterocycles. The Labute approximate surface area is 116 Å². The maximum Gasteiger partial charge on any atom is 0.120 e. The van der Waals surface area contributed by atoms with E-state index in [1.165, 1.54) is 32.1 Å². The summed E-state index contributed by atoms with van der Waals surface area (Å²) in [6.07, 6.45) is 6.99. The third-order valence-corrected chi connectivity index (χ3v) is 4.28. The van der Waals surface area contributed by atoms with E-state index in [0.717, 1.165) is 17.7 Å². The molecule has 0 aromatic heterocycles. The molecule has 0 heterocycles. The van der Waals surface area contributed by atoms with E-state index in [2.05, 4.69) is 6.92 Å². The number of hydrogen-bond donors (Lipinski definition) is 1. The first kappa shape index (κ1) is 14.4. The van der Waals surface area contributed by atoms with Crippen LogP contribution in [-0.4, -0.2) is 11.2 Å². The molecule has 2 rings (SSSR count). The van der Waals surface area contributed by atoms with Crippen molar-refractivity contribution in [1.82, 2.24) is 0 Å². The lowest BCUT2D eigenvalue weighted by Gasteiger charge is -2.31. The van der Waals surface area contributed by atoms with Gasteiger partial charge in [0.15, 0.2) is 0 Å². The van der Waals surface area contributed by atoms with Crippen molar-refractivity contribution in [1.29, 1.82) is 0 Å². The summed E-state index contributed by atoms with van der Waals surface area (Å²) in [4.78, 5) is 0. The molecule has 1 aliphatic rings. The number of rotatable bonds is 5. The van der Waals surface area contributed by atoms with Gasteiger partial charge in [0.25, 0.3) is 0 Å². The first-order valence-corrected chi connectivity index (χ1v) is 7.69. The molecule has 19 heavy (non-hydrogen) atoms. The standard InChI is InChI=1S/C17H26O2/c1-3-13-8-5-6-11-17(13)19-15-10-7-9-14(12-15)16(18)4-2/h7,9-10,12-13,16-18H,3-6,8,11H2,1-2H3. The molecule has 1 aromatic rings. The van der Waals surface area contributed by atoms with E-state index in [9.17, 15) is 5.11 Å². The summed E-state index contributed by atoms with van der Waals surface area (Å²) in [5.41, 5.74) is 0.962. The maximum absolute atomic E-state index is 9.90. The second-order valence-corrected chi connectivity index (χ2v) is 5.61. The molecular formula is C17H26O2. The zero-order valence-corrected chi connectivity index (χ0v) is 12.1. The molecule has 0 radical (unpaired) electrons. The molecule has 2 nitrogen and oxygen atoms in total. The number of ether oxygens (including phenoxy) is 1. The molecule has 0 aliphatic heterocycles. The Morgan fingerprint density at radius 2 is 2.05 bits per heavy atom. The van der Waals surface area contributed by atoms with Gasteiger partial charge in [-0.05, 0) is 55.7 Å². The quantitative estimate of drug-likeness (QED) is 0.848. The monoisotopic (exact) mass is 262 g/mol. The van der Waals surface area contributed by atoms with Gasteiger partial charge in [-0.15, -0.1) is 0 Å². The number of aliphatic hydroxyl groups is 1. The third kappa shape index (κ3) is 3.73. The molecule has 2 heteroatoms. The van der Waals surface area contributed by atoms with Crippen molar-refractivity contribution in [2.24, 2.45) is 5.92 Å². The highest BCUT2D eigenvalue weighted by molar-refractivity contribution is 5.30.